The van der Waals surface area contributed by atoms with Crippen LogP contribution < -0.4 is 5.32 Å². The van der Waals surface area contributed by atoms with E-state index in [9.17, 15) is 0 Å². The molecule has 104 valence electrons. The summed E-state index contributed by atoms with van der Waals surface area (Å²) in [4.78, 5) is 4.79. The molecule has 0 saturated heterocycles. The highest BCUT2D eigenvalue weighted by Gasteiger charge is 2.20. The molecule has 1 aromatic rings. The Morgan fingerprint density at radius 1 is 1.26 bits per heavy atom. The van der Waals surface area contributed by atoms with Gasteiger partial charge in [-0.25, -0.2) is 0 Å². The molecule has 1 aromatic carbocycles. The van der Waals surface area contributed by atoms with Crippen LogP contribution in [-0.2, 0) is 0 Å². The number of hydrogen-bond donors (Lipinski definition) is 1. The van der Waals surface area contributed by atoms with E-state index in [1.165, 1.54) is 17.7 Å². The predicted octanol–water partition coefficient (Wildman–Crippen LogP) is 4.74. The molecule has 0 radical (unpaired) electrons. The quantitative estimate of drug-likeness (QED) is 0.859. The van der Waals surface area contributed by atoms with E-state index in [4.69, 9.17) is 4.99 Å². The first-order valence-electron chi connectivity index (χ1n) is 7.12. The van der Waals surface area contributed by atoms with Crippen LogP contribution in [0.3, 0.4) is 0 Å². The number of nitrogens with zero attached hydrogens (tertiary/aromatic N) is 1. The second-order valence-corrected chi connectivity index (χ2v) is 6.90. The summed E-state index contributed by atoms with van der Waals surface area (Å²) in [5.74, 6) is 2.36. The lowest BCUT2D eigenvalue weighted by molar-refractivity contribution is 0.529. The van der Waals surface area contributed by atoms with Crippen LogP contribution in [0.1, 0.15) is 45.6 Å². The molecule has 0 spiro atoms. The van der Waals surface area contributed by atoms with Gasteiger partial charge in [0.1, 0.15) is 0 Å². The summed E-state index contributed by atoms with van der Waals surface area (Å²) in [7, 11) is 0. The molecular formula is C16H24N2S. The van der Waals surface area contributed by atoms with Gasteiger partial charge in [0.15, 0.2) is 5.17 Å². The number of para-hydroxylation sites is 1. The molecule has 1 heterocycles. The van der Waals surface area contributed by atoms with E-state index in [0.717, 1.165) is 16.8 Å². The van der Waals surface area contributed by atoms with Crippen LogP contribution in [-0.4, -0.2) is 17.0 Å². The number of aliphatic imine (C=N–C) groups is 1. The number of anilines is 1. The zero-order valence-electron chi connectivity index (χ0n) is 12.3. The fraction of sp³-hybridized carbons (Fsp3) is 0.562. The first-order valence-corrected chi connectivity index (χ1v) is 8.11. The Balaban J connectivity index is 2.06. The fourth-order valence-electron chi connectivity index (χ4n) is 2.38. The second kappa shape index (κ2) is 6.47. The minimum Gasteiger partial charge on any atom is -0.335 e. The van der Waals surface area contributed by atoms with Gasteiger partial charge in [-0.05, 0) is 29.9 Å². The average molecular weight is 276 g/mol. The normalized spacial score (nSPS) is 19.1. The Morgan fingerprint density at radius 2 is 2.00 bits per heavy atom. The van der Waals surface area contributed by atoms with Crippen molar-refractivity contribution in [2.75, 3.05) is 11.1 Å². The molecule has 0 aromatic heterocycles. The lowest BCUT2D eigenvalue weighted by Crippen LogP contribution is -2.09. The van der Waals surface area contributed by atoms with E-state index in [-0.39, 0.29) is 0 Å². The van der Waals surface area contributed by atoms with Gasteiger partial charge in [-0.2, -0.15) is 0 Å². The first-order chi connectivity index (χ1) is 9.06. The standard InChI is InChI=1S/C16H24N2S/c1-11(2)9-13-10-19-16(17-13)18-15-8-6-5-7-14(15)12(3)4/h5-8,11-13H,9-10H2,1-4H3,(H,17,18). The molecule has 1 aliphatic heterocycles. The summed E-state index contributed by atoms with van der Waals surface area (Å²) >= 11 is 1.85. The lowest BCUT2D eigenvalue weighted by atomic mass is 10.0. The molecule has 1 unspecified atom stereocenters. The monoisotopic (exact) mass is 276 g/mol. The van der Waals surface area contributed by atoms with Gasteiger partial charge < -0.3 is 5.32 Å². The van der Waals surface area contributed by atoms with Crippen LogP contribution in [0.4, 0.5) is 5.69 Å². The SMILES string of the molecule is CC(C)CC1CSC(Nc2ccccc2C(C)C)=N1. The Hall–Kier alpha value is -0.960. The van der Waals surface area contributed by atoms with Gasteiger partial charge in [0.2, 0.25) is 0 Å². The molecule has 19 heavy (non-hydrogen) atoms. The Bertz CT molecular complexity index is 452. The van der Waals surface area contributed by atoms with E-state index < -0.39 is 0 Å². The molecule has 0 aliphatic carbocycles. The summed E-state index contributed by atoms with van der Waals surface area (Å²) in [5.41, 5.74) is 2.56. The Labute approximate surface area is 121 Å². The first kappa shape index (κ1) is 14.4. The molecule has 0 saturated carbocycles. The smallest absolute Gasteiger partial charge is 0.161 e. The summed E-state index contributed by atoms with van der Waals surface area (Å²) in [6, 6.07) is 9.01. The third-order valence-electron chi connectivity index (χ3n) is 3.28. The maximum absolute atomic E-state index is 4.79. The molecule has 1 N–H and O–H groups in total. The van der Waals surface area contributed by atoms with Gasteiger partial charge in [-0.3, -0.25) is 4.99 Å². The topological polar surface area (TPSA) is 24.4 Å². The van der Waals surface area contributed by atoms with Crippen molar-refractivity contribution in [2.45, 2.75) is 46.1 Å². The third-order valence-corrected chi connectivity index (χ3v) is 4.31. The van der Waals surface area contributed by atoms with E-state index in [1.54, 1.807) is 0 Å². The molecule has 2 rings (SSSR count). The summed E-state index contributed by atoms with van der Waals surface area (Å²) in [6.07, 6.45) is 1.18. The zero-order valence-corrected chi connectivity index (χ0v) is 13.1. The maximum atomic E-state index is 4.79. The molecule has 0 bridgehead atoms. The molecular weight excluding hydrogens is 252 g/mol. The third kappa shape index (κ3) is 4.00. The molecule has 0 fully saturated rings. The predicted molar refractivity (Wildman–Crippen MR) is 87.3 cm³/mol. The van der Waals surface area contributed by atoms with Gasteiger partial charge >= 0.3 is 0 Å². The molecule has 0 amide bonds. The van der Waals surface area contributed by atoms with Crippen LogP contribution in [0, 0.1) is 5.92 Å². The summed E-state index contributed by atoms with van der Waals surface area (Å²) < 4.78 is 0. The van der Waals surface area contributed by atoms with Crippen LogP contribution in [0.5, 0.6) is 0 Å². The highest BCUT2D eigenvalue weighted by Crippen LogP contribution is 2.28. The minimum atomic E-state index is 0.485. The van der Waals surface area contributed by atoms with Crippen molar-refractivity contribution in [1.29, 1.82) is 0 Å². The lowest BCUT2D eigenvalue weighted by Gasteiger charge is -2.13. The fourth-order valence-corrected chi connectivity index (χ4v) is 3.34. The van der Waals surface area contributed by atoms with E-state index in [1.807, 2.05) is 11.8 Å². The minimum absolute atomic E-state index is 0.485. The Morgan fingerprint density at radius 3 is 2.68 bits per heavy atom. The second-order valence-electron chi connectivity index (χ2n) is 5.90. The highest BCUT2D eigenvalue weighted by atomic mass is 32.2. The van der Waals surface area contributed by atoms with E-state index in [0.29, 0.717) is 12.0 Å². The molecule has 2 nitrogen and oxygen atoms in total. The summed E-state index contributed by atoms with van der Waals surface area (Å²) in [6.45, 7) is 8.98. The van der Waals surface area contributed by atoms with Crippen molar-refractivity contribution in [3.63, 3.8) is 0 Å². The van der Waals surface area contributed by atoms with Crippen molar-refractivity contribution in [2.24, 2.45) is 10.9 Å². The number of thioether (sulfide) groups is 1. The average Bonchev–Trinajstić information content (AvgIpc) is 2.76. The molecule has 3 heteroatoms. The number of amidine groups is 1. The van der Waals surface area contributed by atoms with E-state index in [2.05, 4.69) is 57.3 Å². The van der Waals surface area contributed by atoms with Crippen LogP contribution in [0.25, 0.3) is 0 Å². The van der Waals surface area contributed by atoms with Crippen molar-refractivity contribution >= 4 is 22.6 Å². The van der Waals surface area contributed by atoms with Crippen LogP contribution in [0.15, 0.2) is 29.3 Å². The van der Waals surface area contributed by atoms with Gasteiger partial charge in [0, 0.05) is 11.4 Å². The summed E-state index contributed by atoms with van der Waals surface area (Å²) in [5, 5.41) is 4.59. The number of rotatable bonds is 4. The van der Waals surface area contributed by atoms with Crippen molar-refractivity contribution in [3.05, 3.63) is 29.8 Å². The number of nitrogens with one attached hydrogen (secondary N) is 1. The largest absolute Gasteiger partial charge is 0.335 e. The van der Waals surface area contributed by atoms with Crippen molar-refractivity contribution in [1.82, 2.24) is 0 Å². The molecule has 1 atom stereocenters. The Kier molecular flexibility index (Phi) is 4.92. The number of benzene rings is 1. The van der Waals surface area contributed by atoms with Gasteiger partial charge in [0.05, 0.1) is 6.04 Å². The maximum Gasteiger partial charge on any atom is 0.161 e. The van der Waals surface area contributed by atoms with Crippen molar-refractivity contribution < 1.29 is 0 Å². The number of hydrogen-bond acceptors (Lipinski definition) is 3. The van der Waals surface area contributed by atoms with E-state index >= 15 is 0 Å². The van der Waals surface area contributed by atoms with Crippen LogP contribution >= 0.6 is 11.8 Å². The highest BCUT2D eigenvalue weighted by molar-refractivity contribution is 8.14. The van der Waals surface area contributed by atoms with Gasteiger partial charge in [-0.1, -0.05) is 57.7 Å². The van der Waals surface area contributed by atoms with Crippen molar-refractivity contribution in [3.8, 4) is 0 Å². The van der Waals surface area contributed by atoms with Crippen LogP contribution in [0.2, 0.25) is 0 Å². The van der Waals surface area contributed by atoms with Gasteiger partial charge in [-0.15, -0.1) is 0 Å². The molecule has 1 aliphatic rings. The zero-order chi connectivity index (χ0) is 13.8. The van der Waals surface area contributed by atoms with Gasteiger partial charge in [0.25, 0.3) is 0 Å².